The van der Waals surface area contributed by atoms with Gasteiger partial charge < -0.3 is 10.6 Å². The molecule has 0 spiro atoms. The van der Waals surface area contributed by atoms with Crippen molar-refractivity contribution in [2.24, 2.45) is 0 Å². The third-order valence-corrected chi connectivity index (χ3v) is 2.96. The fourth-order valence-corrected chi connectivity index (χ4v) is 1.79. The lowest BCUT2D eigenvalue weighted by molar-refractivity contribution is -0.137. The Morgan fingerprint density at radius 2 is 1.57 bits per heavy atom. The minimum Gasteiger partial charge on any atom is -0.376 e. The summed E-state index contributed by atoms with van der Waals surface area (Å²) in [4.78, 5) is 11.7. The number of nitrogens with one attached hydrogen (secondary N) is 2. The lowest BCUT2D eigenvalue weighted by atomic mass is 10.2. The highest BCUT2D eigenvalue weighted by Gasteiger charge is 2.29. The van der Waals surface area contributed by atoms with Crippen molar-refractivity contribution >= 4 is 17.3 Å². The predicted octanol–water partition coefficient (Wildman–Crippen LogP) is 3.63. The summed E-state index contributed by atoms with van der Waals surface area (Å²) in [5.74, 6) is -0.394. The van der Waals surface area contributed by atoms with Gasteiger partial charge in [0.05, 0.1) is 23.7 Å². The van der Waals surface area contributed by atoms with Gasteiger partial charge in [0, 0.05) is 11.4 Å². The SMILES string of the molecule is N#Cc1ccc(NCC(=O)Nc2ccc(C(F)(F)F)cc2)cc1. The first-order valence-electron chi connectivity index (χ1n) is 6.59. The van der Waals surface area contributed by atoms with E-state index in [-0.39, 0.29) is 12.2 Å². The van der Waals surface area contributed by atoms with E-state index in [9.17, 15) is 18.0 Å². The van der Waals surface area contributed by atoms with E-state index in [4.69, 9.17) is 5.26 Å². The van der Waals surface area contributed by atoms with Crippen LogP contribution in [0.5, 0.6) is 0 Å². The van der Waals surface area contributed by atoms with Crippen molar-refractivity contribution in [2.75, 3.05) is 17.2 Å². The van der Waals surface area contributed by atoms with Crippen molar-refractivity contribution in [2.45, 2.75) is 6.18 Å². The first-order valence-corrected chi connectivity index (χ1v) is 6.59. The van der Waals surface area contributed by atoms with Crippen LogP contribution in [0.3, 0.4) is 0 Å². The van der Waals surface area contributed by atoms with Crippen LogP contribution < -0.4 is 10.6 Å². The van der Waals surface area contributed by atoms with Gasteiger partial charge in [0.25, 0.3) is 0 Å². The van der Waals surface area contributed by atoms with Crippen LogP contribution in [0, 0.1) is 11.3 Å². The molecular weight excluding hydrogens is 307 g/mol. The molecule has 0 aliphatic rings. The summed E-state index contributed by atoms with van der Waals surface area (Å²) >= 11 is 0. The van der Waals surface area contributed by atoms with Crippen molar-refractivity contribution in [1.82, 2.24) is 0 Å². The number of halogens is 3. The normalized spacial score (nSPS) is 10.7. The lowest BCUT2D eigenvalue weighted by Gasteiger charge is -2.10. The summed E-state index contributed by atoms with van der Waals surface area (Å²) in [5, 5.41) is 14.0. The molecule has 2 aromatic rings. The van der Waals surface area contributed by atoms with E-state index >= 15 is 0 Å². The second kappa shape index (κ2) is 6.83. The summed E-state index contributed by atoms with van der Waals surface area (Å²) in [7, 11) is 0. The summed E-state index contributed by atoms with van der Waals surface area (Å²) < 4.78 is 37.3. The highest BCUT2D eigenvalue weighted by Crippen LogP contribution is 2.29. The molecule has 0 aromatic heterocycles. The standard InChI is InChI=1S/C16H12F3N3O/c17-16(18,19)12-3-7-14(8-4-12)22-15(23)10-21-13-5-1-11(9-20)2-6-13/h1-8,21H,10H2,(H,22,23). The number of carbonyl (C=O) groups is 1. The van der Waals surface area contributed by atoms with E-state index in [2.05, 4.69) is 10.6 Å². The molecule has 0 radical (unpaired) electrons. The van der Waals surface area contributed by atoms with Gasteiger partial charge in [-0.05, 0) is 48.5 Å². The van der Waals surface area contributed by atoms with Gasteiger partial charge in [-0.2, -0.15) is 18.4 Å². The molecule has 23 heavy (non-hydrogen) atoms. The minimum absolute atomic E-state index is 0.0487. The minimum atomic E-state index is -4.40. The summed E-state index contributed by atoms with van der Waals surface area (Å²) in [6.07, 6.45) is -4.40. The van der Waals surface area contributed by atoms with Crippen molar-refractivity contribution in [3.05, 3.63) is 59.7 Å². The molecule has 0 atom stereocenters. The van der Waals surface area contributed by atoms with Crippen LogP contribution in [0.25, 0.3) is 0 Å². The molecule has 7 heteroatoms. The van der Waals surface area contributed by atoms with Crippen LogP contribution >= 0.6 is 0 Å². The van der Waals surface area contributed by atoms with Gasteiger partial charge in [-0.1, -0.05) is 0 Å². The molecule has 0 saturated carbocycles. The van der Waals surface area contributed by atoms with Crippen LogP contribution in [0.2, 0.25) is 0 Å². The molecule has 0 saturated heterocycles. The van der Waals surface area contributed by atoms with E-state index in [1.54, 1.807) is 24.3 Å². The molecule has 0 aliphatic heterocycles. The molecule has 118 valence electrons. The number of carbonyl (C=O) groups excluding carboxylic acids is 1. The maximum absolute atomic E-state index is 12.4. The van der Waals surface area contributed by atoms with Crippen molar-refractivity contribution in [3.63, 3.8) is 0 Å². The Bertz CT molecular complexity index is 716. The predicted molar refractivity (Wildman–Crippen MR) is 79.7 cm³/mol. The molecule has 0 unspecified atom stereocenters. The maximum Gasteiger partial charge on any atom is 0.416 e. The fraction of sp³-hybridized carbons (Fsp3) is 0.125. The molecule has 0 bridgehead atoms. The van der Waals surface area contributed by atoms with E-state index in [0.29, 0.717) is 11.3 Å². The number of hydrogen-bond acceptors (Lipinski definition) is 3. The van der Waals surface area contributed by atoms with Crippen LogP contribution in [0.4, 0.5) is 24.5 Å². The van der Waals surface area contributed by atoms with Crippen molar-refractivity contribution in [3.8, 4) is 6.07 Å². The summed E-state index contributed by atoms with van der Waals surface area (Å²) in [6, 6.07) is 12.7. The molecular formula is C16H12F3N3O. The number of anilines is 2. The van der Waals surface area contributed by atoms with Gasteiger partial charge in [-0.25, -0.2) is 0 Å². The third kappa shape index (κ3) is 4.74. The first-order chi connectivity index (χ1) is 10.9. The van der Waals surface area contributed by atoms with E-state index < -0.39 is 17.6 Å². The summed E-state index contributed by atoms with van der Waals surface area (Å²) in [5.41, 5.74) is 0.673. The van der Waals surface area contributed by atoms with Gasteiger partial charge in [0.15, 0.2) is 0 Å². The van der Waals surface area contributed by atoms with Crippen LogP contribution in [-0.2, 0) is 11.0 Å². The monoisotopic (exact) mass is 319 g/mol. The number of alkyl halides is 3. The zero-order valence-electron chi connectivity index (χ0n) is 11.8. The zero-order chi connectivity index (χ0) is 16.9. The van der Waals surface area contributed by atoms with Gasteiger partial charge in [0.2, 0.25) is 5.91 Å². The second-order valence-corrected chi connectivity index (χ2v) is 4.67. The van der Waals surface area contributed by atoms with Gasteiger partial charge in [-0.15, -0.1) is 0 Å². The molecule has 0 aliphatic carbocycles. The van der Waals surface area contributed by atoms with Gasteiger partial charge in [-0.3, -0.25) is 4.79 Å². The smallest absolute Gasteiger partial charge is 0.376 e. The van der Waals surface area contributed by atoms with Crippen LogP contribution in [0.1, 0.15) is 11.1 Å². The van der Waals surface area contributed by atoms with Gasteiger partial charge in [0.1, 0.15) is 0 Å². The first kappa shape index (κ1) is 16.4. The van der Waals surface area contributed by atoms with Gasteiger partial charge >= 0.3 is 6.18 Å². The molecule has 2 aromatic carbocycles. The number of rotatable bonds is 4. The number of nitriles is 1. The maximum atomic E-state index is 12.4. The Labute approximate surface area is 130 Å². The highest BCUT2D eigenvalue weighted by atomic mass is 19.4. The number of benzene rings is 2. The van der Waals surface area contributed by atoms with E-state index in [1.165, 1.54) is 12.1 Å². The second-order valence-electron chi connectivity index (χ2n) is 4.67. The topological polar surface area (TPSA) is 64.9 Å². The summed E-state index contributed by atoms with van der Waals surface area (Å²) in [6.45, 7) is -0.0487. The molecule has 2 rings (SSSR count). The van der Waals surface area contributed by atoms with Crippen molar-refractivity contribution in [1.29, 1.82) is 5.26 Å². The number of hydrogen-bond donors (Lipinski definition) is 2. The number of nitrogens with zero attached hydrogens (tertiary/aromatic N) is 1. The zero-order valence-corrected chi connectivity index (χ0v) is 11.8. The van der Waals surface area contributed by atoms with Crippen LogP contribution in [0.15, 0.2) is 48.5 Å². The average Bonchev–Trinajstić information content (AvgIpc) is 2.53. The highest BCUT2D eigenvalue weighted by molar-refractivity contribution is 5.93. The van der Waals surface area contributed by atoms with Crippen molar-refractivity contribution < 1.29 is 18.0 Å². The molecule has 0 heterocycles. The number of amides is 1. The molecule has 0 fully saturated rings. The Balaban J connectivity index is 1.88. The quantitative estimate of drug-likeness (QED) is 0.904. The van der Waals surface area contributed by atoms with E-state index in [1.807, 2.05) is 6.07 Å². The Morgan fingerprint density at radius 3 is 2.09 bits per heavy atom. The Morgan fingerprint density at radius 1 is 1.00 bits per heavy atom. The van der Waals surface area contributed by atoms with Crippen LogP contribution in [-0.4, -0.2) is 12.5 Å². The molecule has 4 nitrogen and oxygen atoms in total. The third-order valence-electron chi connectivity index (χ3n) is 2.96. The largest absolute Gasteiger partial charge is 0.416 e. The fourth-order valence-electron chi connectivity index (χ4n) is 1.79. The Kier molecular flexibility index (Phi) is 4.86. The lowest BCUT2D eigenvalue weighted by Crippen LogP contribution is -2.21. The Hall–Kier alpha value is -3.01. The van der Waals surface area contributed by atoms with E-state index in [0.717, 1.165) is 12.1 Å². The average molecular weight is 319 g/mol. The molecule has 1 amide bonds. The molecule has 2 N–H and O–H groups in total.